The Morgan fingerprint density at radius 2 is 1.71 bits per heavy atom. The van der Waals surface area contributed by atoms with Crippen LogP contribution in [-0.4, -0.2) is 75.3 Å². The van der Waals surface area contributed by atoms with Gasteiger partial charge in [-0.05, 0) is 18.1 Å². The number of carbonyl (C=O) groups is 2. The summed E-state index contributed by atoms with van der Waals surface area (Å²) in [7, 11) is -3.49. The van der Waals surface area contributed by atoms with E-state index >= 15 is 0 Å². The second kappa shape index (κ2) is 10.9. The highest BCUT2D eigenvalue weighted by Crippen LogP contribution is 2.11. The zero-order valence-corrected chi connectivity index (χ0v) is 17.0. The first-order chi connectivity index (χ1) is 13.4. The molecule has 0 aromatic heterocycles. The second-order valence-corrected chi connectivity index (χ2v) is 8.38. The molecule has 0 saturated carbocycles. The Hall–Kier alpha value is -2.23. The lowest BCUT2D eigenvalue weighted by molar-refractivity contribution is -0.126. The summed E-state index contributed by atoms with van der Waals surface area (Å²) in [5, 5.41) is 6.50. The van der Waals surface area contributed by atoms with Crippen molar-refractivity contribution in [2.75, 3.05) is 45.8 Å². The average Bonchev–Trinajstić information content (AvgIpc) is 2.70. The van der Waals surface area contributed by atoms with Gasteiger partial charge in [-0.15, -0.1) is 0 Å². The molecule has 1 aliphatic rings. The standard InChI is InChI=1S/C19H28N4O4S/c1-2-9-20-18(24)15-21-19(25)16-22-10-12-23(13-11-22)28(26,27)14-8-17-6-4-3-5-7-17/h3-8,14H,2,9-13,15-16H2,1H3,(H,20,24)(H,21,25)/b14-8+. The summed E-state index contributed by atoms with van der Waals surface area (Å²) >= 11 is 0. The second-order valence-electron chi connectivity index (χ2n) is 6.56. The Kier molecular flexibility index (Phi) is 8.62. The fourth-order valence-corrected chi connectivity index (χ4v) is 3.90. The van der Waals surface area contributed by atoms with Crippen LogP contribution in [0.5, 0.6) is 0 Å². The number of carbonyl (C=O) groups excluding carboxylic acids is 2. The molecular formula is C19H28N4O4S. The van der Waals surface area contributed by atoms with Crippen molar-refractivity contribution in [2.45, 2.75) is 13.3 Å². The van der Waals surface area contributed by atoms with E-state index in [1.165, 1.54) is 9.71 Å². The largest absolute Gasteiger partial charge is 0.355 e. The van der Waals surface area contributed by atoms with Gasteiger partial charge in [0.25, 0.3) is 0 Å². The molecule has 1 aromatic rings. The van der Waals surface area contributed by atoms with Crippen LogP contribution in [0.2, 0.25) is 0 Å². The number of benzene rings is 1. The van der Waals surface area contributed by atoms with Gasteiger partial charge in [0.1, 0.15) is 0 Å². The van der Waals surface area contributed by atoms with Crippen LogP contribution in [0.1, 0.15) is 18.9 Å². The van der Waals surface area contributed by atoms with Gasteiger partial charge in [0.2, 0.25) is 21.8 Å². The predicted octanol–water partition coefficient (Wildman–Crippen LogP) is 0.247. The van der Waals surface area contributed by atoms with Gasteiger partial charge in [0.15, 0.2) is 0 Å². The SMILES string of the molecule is CCCNC(=O)CNC(=O)CN1CCN(S(=O)(=O)/C=C/c2ccccc2)CC1. The molecule has 2 N–H and O–H groups in total. The molecule has 2 amide bonds. The fourth-order valence-electron chi connectivity index (χ4n) is 2.72. The normalized spacial score (nSPS) is 16.2. The molecule has 8 nitrogen and oxygen atoms in total. The monoisotopic (exact) mass is 408 g/mol. The van der Waals surface area contributed by atoms with E-state index in [4.69, 9.17) is 0 Å². The van der Waals surface area contributed by atoms with Gasteiger partial charge in [-0.25, -0.2) is 8.42 Å². The molecule has 1 fully saturated rings. The number of nitrogens with zero attached hydrogens (tertiary/aromatic N) is 2. The Morgan fingerprint density at radius 3 is 2.36 bits per heavy atom. The smallest absolute Gasteiger partial charge is 0.239 e. The molecule has 9 heteroatoms. The Labute approximate surface area is 166 Å². The van der Waals surface area contributed by atoms with E-state index in [0.717, 1.165) is 12.0 Å². The summed E-state index contributed by atoms with van der Waals surface area (Å²) in [6.07, 6.45) is 2.42. The first-order valence-electron chi connectivity index (χ1n) is 9.40. The summed E-state index contributed by atoms with van der Waals surface area (Å²) in [5.41, 5.74) is 0.823. The molecule has 0 atom stereocenters. The molecule has 1 aliphatic heterocycles. The lowest BCUT2D eigenvalue weighted by Gasteiger charge is -2.32. The molecule has 2 rings (SSSR count). The molecule has 0 aliphatic carbocycles. The van der Waals surface area contributed by atoms with Gasteiger partial charge < -0.3 is 10.6 Å². The van der Waals surface area contributed by atoms with Crippen LogP contribution in [0.15, 0.2) is 35.7 Å². The minimum Gasteiger partial charge on any atom is -0.355 e. The van der Waals surface area contributed by atoms with Gasteiger partial charge in [0.05, 0.1) is 13.1 Å². The van der Waals surface area contributed by atoms with Crippen molar-refractivity contribution in [3.63, 3.8) is 0 Å². The first kappa shape index (κ1) is 22.1. The molecule has 0 bridgehead atoms. The molecule has 0 unspecified atom stereocenters. The van der Waals surface area contributed by atoms with E-state index in [9.17, 15) is 18.0 Å². The summed E-state index contributed by atoms with van der Waals surface area (Å²) in [6.45, 7) is 4.23. The van der Waals surface area contributed by atoms with E-state index in [1.54, 1.807) is 6.08 Å². The fraction of sp³-hybridized carbons (Fsp3) is 0.474. The van der Waals surface area contributed by atoms with Gasteiger partial charge >= 0.3 is 0 Å². The van der Waals surface area contributed by atoms with Crippen molar-refractivity contribution in [2.24, 2.45) is 0 Å². The summed E-state index contributed by atoms with van der Waals surface area (Å²) in [4.78, 5) is 25.3. The van der Waals surface area contributed by atoms with Crippen molar-refractivity contribution in [1.82, 2.24) is 19.8 Å². The van der Waals surface area contributed by atoms with Crippen molar-refractivity contribution < 1.29 is 18.0 Å². The number of rotatable bonds is 9. The van der Waals surface area contributed by atoms with Gasteiger partial charge in [-0.1, -0.05) is 37.3 Å². The third kappa shape index (κ3) is 7.41. The molecule has 1 saturated heterocycles. The van der Waals surface area contributed by atoms with Crippen LogP contribution >= 0.6 is 0 Å². The maximum Gasteiger partial charge on any atom is 0.239 e. The molecule has 28 heavy (non-hydrogen) atoms. The van der Waals surface area contributed by atoms with Crippen molar-refractivity contribution in [3.8, 4) is 0 Å². The topological polar surface area (TPSA) is 98.8 Å². The van der Waals surface area contributed by atoms with E-state index in [-0.39, 0.29) is 24.9 Å². The zero-order chi connectivity index (χ0) is 20.4. The predicted molar refractivity (Wildman–Crippen MR) is 109 cm³/mol. The Bertz CT molecular complexity index is 772. The molecule has 1 aromatic carbocycles. The lowest BCUT2D eigenvalue weighted by Crippen LogP contribution is -2.51. The summed E-state index contributed by atoms with van der Waals surface area (Å²) in [6, 6.07) is 9.25. The number of piperazine rings is 1. The molecule has 1 heterocycles. The first-order valence-corrected chi connectivity index (χ1v) is 10.9. The van der Waals surface area contributed by atoms with Crippen LogP contribution in [0, 0.1) is 0 Å². The summed E-state index contributed by atoms with van der Waals surface area (Å²) in [5.74, 6) is -0.455. The molecular weight excluding hydrogens is 380 g/mol. The molecule has 0 radical (unpaired) electrons. The minimum absolute atomic E-state index is 0.0442. The zero-order valence-electron chi connectivity index (χ0n) is 16.1. The third-order valence-corrected chi connectivity index (χ3v) is 5.87. The van der Waals surface area contributed by atoms with Gasteiger partial charge in [0, 0.05) is 38.1 Å². The van der Waals surface area contributed by atoms with Crippen LogP contribution in [0.4, 0.5) is 0 Å². The summed E-state index contributed by atoms with van der Waals surface area (Å²) < 4.78 is 26.3. The Balaban J connectivity index is 1.75. The van der Waals surface area contributed by atoms with E-state index < -0.39 is 10.0 Å². The Morgan fingerprint density at radius 1 is 1.04 bits per heavy atom. The van der Waals surface area contributed by atoms with E-state index in [1.807, 2.05) is 42.2 Å². The quantitative estimate of drug-likeness (QED) is 0.610. The minimum atomic E-state index is -3.49. The average molecular weight is 409 g/mol. The number of nitrogens with one attached hydrogen (secondary N) is 2. The van der Waals surface area contributed by atoms with E-state index in [0.29, 0.717) is 32.7 Å². The van der Waals surface area contributed by atoms with Gasteiger partial charge in [-0.3, -0.25) is 14.5 Å². The lowest BCUT2D eigenvalue weighted by atomic mass is 10.2. The van der Waals surface area contributed by atoms with Crippen LogP contribution < -0.4 is 10.6 Å². The van der Waals surface area contributed by atoms with Crippen molar-refractivity contribution in [1.29, 1.82) is 0 Å². The highest BCUT2D eigenvalue weighted by atomic mass is 32.2. The molecule has 0 spiro atoms. The number of sulfonamides is 1. The maximum atomic E-state index is 12.4. The van der Waals surface area contributed by atoms with Crippen LogP contribution in [0.25, 0.3) is 6.08 Å². The van der Waals surface area contributed by atoms with Crippen molar-refractivity contribution in [3.05, 3.63) is 41.3 Å². The third-order valence-electron chi connectivity index (χ3n) is 4.31. The van der Waals surface area contributed by atoms with Crippen LogP contribution in [-0.2, 0) is 19.6 Å². The maximum absolute atomic E-state index is 12.4. The highest BCUT2D eigenvalue weighted by molar-refractivity contribution is 7.92. The van der Waals surface area contributed by atoms with Crippen LogP contribution in [0.3, 0.4) is 0 Å². The van der Waals surface area contributed by atoms with E-state index in [2.05, 4.69) is 10.6 Å². The highest BCUT2D eigenvalue weighted by Gasteiger charge is 2.25. The number of hydrogen-bond acceptors (Lipinski definition) is 5. The number of hydrogen-bond donors (Lipinski definition) is 2. The van der Waals surface area contributed by atoms with Gasteiger partial charge in [-0.2, -0.15) is 4.31 Å². The van der Waals surface area contributed by atoms with Crippen molar-refractivity contribution >= 4 is 27.9 Å². The molecule has 154 valence electrons. The number of amides is 2.